The second-order valence-corrected chi connectivity index (χ2v) is 8.84. The van der Waals surface area contributed by atoms with Crippen LogP contribution in [0.2, 0.25) is 0 Å². The molecule has 0 saturated carbocycles. The van der Waals surface area contributed by atoms with E-state index in [2.05, 4.69) is 4.99 Å². The number of methoxy groups -OCH3 is 1. The highest BCUT2D eigenvalue weighted by atomic mass is 32.1. The highest BCUT2D eigenvalue weighted by molar-refractivity contribution is 7.07. The van der Waals surface area contributed by atoms with E-state index < -0.39 is 24.6 Å². The highest BCUT2D eigenvalue weighted by Crippen LogP contribution is 2.31. The lowest BCUT2D eigenvalue weighted by Crippen LogP contribution is -2.39. The van der Waals surface area contributed by atoms with E-state index in [0.717, 1.165) is 0 Å². The third-order valence-corrected chi connectivity index (χ3v) is 6.45. The van der Waals surface area contributed by atoms with E-state index in [1.165, 1.54) is 15.9 Å². The van der Waals surface area contributed by atoms with Crippen LogP contribution in [-0.2, 0) is 14.3 Å². The van der Waals surface area contributed by atoms with Crippen molar-refractivity contribution >= 4 is 29.4 Å². The third kappa shape index (κ3) is 5.08. The summed E-state index contributed by atoms with van der Waals surface area (Å²) in [6.07, 6.45) is 1.69. The van der Waals surface area contributed by atoms with E-state index in [-0.39, 0.29) is 12.2 Å². The first kappa shape index (κ1) is 24.9. The highest BCUT2D eigenvalue weighted by Gasteiger charge is 2.33. The zero-order valence-corrected chi connectivity index (χ0v) is 20.7. The molecule has 10 heteroatoms. The number of fused-ring (bicyclic) bond motifs is 1. The molecule has 1 atom stereocenters. The zero-order chi connectivity index (χ0) is 25.8. The summed E-state index contributed by atoms with van der Waals surface area (Å²) in [4.78, 5) is 42.4. The lowest BCUT2D eigenvalue weighted by molar-refractivity contribution is -0.140. The molecule has 0 spiro atoms. The Kier molecular flexibility index (Phi) is 7.35. The van der Waals surface area contributed by atoms with E-state index in [4.69, 9.17) is 19.3 Å². The van der Waals surface area contributed by atoms with Gasteiger partial charge in [-0.3, -0.25) is 9.36 Å². The van der Waals surface area contributed by atoms with Gasteiger partial charge in [0.05, 0.1) is 35.6 Å². The summed E-state index contributed by atoms with van der Waals surface area (Å²) in [5.74, 6) is -0.595. The predicted molar refractivity (Wildman–Crippen MR) is 133 cm³/mol. The SMILES string of the molecule is CCOC(=O)C1=C(C)N=c2s/c(=C/c3cccc(OCC(=O)O)c3)c(=O)n2C1c1ccc(OC)cc1. The van der Waals surface area contributed by atoms with Crippen LogP contribution >= 0.6 is 11.3 Å². The second kappa shape index (κ2) is 10.6. The number of allylic oxidation sites excluding steroid dienone is 1. The maximum Gasteiger partial charge on any atom is 0.341 e. The van der Waals surface area contributed by atoms with Crippen LogP contribution in [0.3, 0.4) is 0 Å². The maximum atomic E-state index is 13.6. The van der Waals surface area contributed by atoms with Crippen LogP contribution in [0.25, 0.3) is 6.08 Å². The normalized spacial score (nSPS) is 15.2. The number of hydrogen-bond donors (Lipinski definition) is 1. The molecule has 1 N–H and O–H groups in total. The molecule has 0 fully saturated rings. The van der Waals surface area contributed by atoms with Crippen LogP contribution in [0.5, 0.6) is 11.5 Å². The van der Waals surface area contributed by atoms with Gasteiger partial charge in [0.25, 0.3) is 5.56 Å². The van der Waals surface area contributed by atoms with Crippen LogP contribution in [-0.4, -0.2) is 41.9 Å². The van der Waals surface area contributed by atoms with Crippen molar-refractivity contribution in [2.45, 2.75) is 19.9 Å². The second-order valence-electron chi connectivity index (χ2n) is 7.83. The Bertz CT molecular complexity index is 1520. The minimum Gasteiger partial charge on any atom is -0.497 e. The molecule has 3 aromatic rings. The van der Waals surface area contributed by atoms with Crippen LogP contribution in [0, 0.1) is 0 Å². The van der Waals surface area contributed by atoms with Crippen LogP contribution < -0.4 is 24.4 Å². The molecule has 1 aliphatic rings. The van der Waals surface area contributed by atoms with Crippen molar-refractivity contribution in [1.29, 1.82) is 0 Å². The van der Waals surface area contributed by atoms with E-state index in [0.29, 0.717) is 43.2 Å². The van der Waals surface area contributed by atoms with Crippen molar-refractivity contribution in [3.05, 3.63) is 90.6 Å². The number of rotatable bonds is 8. The number of thiazole rings is 1. The average Bonchev–Trinajstić information content (AvgIpc) is 3.16. The fourth-order valence-corrected chi connectivity index (χ4v) is 4.93. The van der Waals surface area contributed by atoms with E-state index >= 15 is 0 Å². The standard InChI is InChI=1S/C26H24N2O7S/c1-4-34-25(32)22-15(2)27-26-28(23(22)17-8-10-18(33-3)11-9-17)24(31)20(36-26)13-16-6-5-7-19(12-16)35-14-21(29)30/h5-13,23H,4,14H2,1-3H3,(H,29,30)/b20-13+. The number of ether oxygens (including phenoxy) is 3. The van der Waals surface area contributed by atoms with Gasteiger partial charge in [-0.2, -0.15) is 0 Å². The first-order chi connectivity index (χ1) is 17.3. The van der Waals surface area contributed by atoms with Crippen LogP contribution in [0.1, 0.15) is 31.0 Å². The number of carbonyl (C=O) groups excluding carboxylic acids is 1. The van der Waals surface area contributed by atoms with Gasteiger partial charge in [0.2, 0.25) is 0 Å². The lowest BCUT2D eigenvalue weighted by Gasteiger charge is -2.24. The number of aliphatic carboxylic acids is 1. The summed E-state index contributed by atoms with van der Waals surface area (Å²) in [6.45, 7) is 3.17. The summed E-state index contributed by atoms with van der Waals surface area (Å²) < 4.78 is 17.7. The molecular weight excluding hydrogens is 484 g/mol. The minimum atomic E-state index is -1.08. The van der Waals surface area contributed by atoms with Gasteiger partial charge in [0, 0.05) is 0 Å². The molecule has 0 saturated heterocycles. The Hall–Kier alpha value is -4.18. The van der Waals surface area contributed by atoms with Crippen LogP contribution in [0.15, 0.2) is 69.6 Å². The Morgan fingerprint density at radius 3 is 2.58 bits per heavy atom. The monoisotopic (exact) mass is 508 g/mol. The molecular formula is C26H24N2O7S. The Labute approximate surface area is 210 Å². The van der Waals surface area contributed by atoms with E-state index in [1.54, 1.807) is 63.4 Å². The Morgan fingerprint density at radius 2 is 1.92 bits per heavy atom. The number of hydrogen-bond acceptors (Lipinski definition) is 8. The molecule has 0 aliphatic carbocycles. The molecule has 0 amide bonds. The van der Waals surface area contributed by atoms with Gasteiger partial charge in [0.15, 0.2) is 11.4 Å². The van der Waals surface area contributed by atoms with E-state index in [9.17, 15) is 14.4 Å². The molecule has 1 aliphatic heterocycles. The summed E-state index contributed by atoms with van der Waals surface area (Å²) in [5.41, 5.74) is 1.83. The van der Waals surface area contributed by atoms with Crippen molar-refractivity contribution in [3.63, 3.8) is 0 Å². The molecule has 2 heterocycles. The van der Waals surface area contributed by atoms with Crippen molar-refractivity contribution in [2.24, 2.45) is 4.99 Å². The lowest BCUT2D eigenvalue weighted by atomic mass is 9.96. The number of aromatic nitrogens is 1. The van der Waals surface area contributed by atoms with Crippen molar-refractivity contribution in [3.8, 4) is 11.5 Å². The Morgan fingerprint density at radius 1 is 1.17 bits per heavy atom. The first-order valence-electron chi connectivity index (χ1n) is 11.1. The average molecular weight is 509 g/mol. The number of carboxylic acid groups (broad SMARTS) is 1. The minimum absolute atomic E-state index is 0.190. The predicted octanol–water partition coefficient (Wildman–Crippen LogP) is 2.27. The van der Waals surface area contributed by atoms with Crippen LogP contribution in [0.4, 0.5) is 0 Å². The third-order valence-electron chi connectivity index (χ3n) is 5.47. The molecule has 4 rings (SSSR count). The van der Waals surface area contributed by atoms with Gasteiger partial charge < -0.3 is 19.3 Å². The Balaban J connectivity index is 1.85. The summed E-state index contributed by atoms with van der Waals surface area (Å²) in [7, 11) is 1.56. The maximum absolute atomic E-state index is 13.6. The van der Waals surface area contributed by atoms with Gasteiger partial charge in [0.1, 0.15) is 11.5 Å². The molecule has 36 heavy (non-hydrogen) atoms. The number of carbonyl (C=O) groups is 2. The summed E-state index contributed by atoms with van der Waals surface area (Å²) in [5, 5.41) is 8.84. The van der Waals surface area contributed by atoms with Gasteiger partial charge in [-0.25, -0.2) is 14.6 Å². The molecule has 186 valence electrons. The van der Waals surface area contributed by atoms with Gasteiger partial charge >= 0.3 is 11.9 Å². The van der Waals surface area contributed by atoms with Gasteiger partial charge in [-0.1, -0.05) is 35.6 Å². The van der Waals surface area contributed by atoms with E-state index in [1.807, 2.05) is 12.1 Å². The molecule has 0 bridgehead atoms. The fourth-order valence-electron chi connectivity index (χ4n) is 3.88. The van der Waals surface area contributed by atoms with Crippen molar-refractivity contribution in [1.82, 2.24) is 4.57 Å². The number of nitrogens with zero attached hydrogens (tertiary/aromatic N) is 2. The van der Waals surface area contributed by atoms with Gasteiger partial charge in [-0.15, -0.1) is 0 Å². The number of benzene rings is 2. The van der Waals surface area contributed by atoms with Crippen molar-refractivity contribution < 1.29 is 28.9 Å². The van der Waals surface area contributed by atoms with Crippen molar-refractivity contribution in [2.75, 3.05) is 20.3 Å². The zero-order valence-electron chi connectivity index (χ0n) is 19.9. The van der Waals surface area contributed by atoms with Gasteiger partial charge in [-0.05, 0) is 55.3 Å². The number of esters is 1. The molecule has 9 nitrogen and oxygen atoms in total. The molecule has 0 radical (unpaired) electrons. The quantitative estimate of drug-likeness (QED) is 0.464. The fraction of sp³-hybridized carbons (Fsp3) is 0.231. The largest absolute Gasteiger partial charge is 0.497 e. The molecule has 2 aromatic carbocycles. The summed E-state index contributed by atoms with van der Waals surface area (Å²) in [6, 6.07) is 13.2. The first-order valence-corrected chi connectivity index (χ1v) is 11.9. The number of carboxylic acids is 1. The molecule has 1 aromatic heterocycles. The molecule has 1 unspecified atom stereocenters. The smallest absolute Gasteiger partial charge is 0.341 e. The summed E-state index contributed by atoms with van der Waals surface area (Å²) >= 11 is 1.20. The topological polar surface area (TPSA) is 116 Å².